The minimum atomic E-state index is -3.34. The lowest BCUT2D eigenvalue weighted by molar-refractivity contribution is 0.123. The summed E-state index contributed by atoms with van der Waals surface area (Å²) in [5.41, 5.74) is 3.67. The molecule has 0 spiro atoms. The summed E-state index contributed by atoms with van der Waals surface area (Å²) in [6, 6.07) is 15.0. The average molecular weight is 454 g/mol. The number of benzene rings is 2. The van der Waals surface area contributed by atoms with Gasteiger partial charge in [-0.05, 0) is 42.8 Å². The Kier molecular flexibility index (Phi) is 6.57. The summed E-state index contributed by atoms with van der Waals surface area (Å²) in [4.78, 5) is 11.1. The van der Waals surface area contributed by atoms with Gasteiger partial charge in [0.25, 0.3) is 0 Å². The van der Waals surface area contributed by atoms with Crippen molar-refractivity contribution in [2.75, 3.05) is 47.6 Å². The standard InChI is InChI=1S/C23H27N5O3S/c1-3-32(29,30)19-7-8-21(28-9-11-31-12-10-28)20(14-19)27-23-15-22(24-16-25-23)26-18-6-4-5-17(2)13-18/h4-8,13-16H,3,9-12H2,1-2H3,(H2,24,25,26,27). The second-order valence-electron chi connectivity index (χ2n) is 7.59. The van der Waals surface area contributed by atoms with E-state index in [-0.39, 0.29) is 10.6 Å². The van der Waals surface area contributed by atoms with E-state index in [4.69, 9.17) is 4.74 Å². The number of hydrogen-bond acceptors (Lipinski definition) is 8. The van der Waals surface area contributed by atoms with Crippen molar-refractivity contribution in [3.05, 3.63) is 60.4 Å². The molecule has 8 nitrogen and oxygen atoms in total. The molecule has 2 heterocycles. The van der Waals surface area contributed by atoms with E-state index in [2.05, 4.69) is 25.5 Å². The van der Waals surface area contributed by atoms with Crippen LogP contribution in [-0.2, 0) is 14.6 Å². The van der Waals surface area contributed by atoms with Gasteiger partial charge in [0, 0.05) is 24.8 Å². The van der Waals surface area contributed by atoms with Crippen LogP contribution in [0.3, 0.4) is 0 Å². The molecular formula is C23H27N5O3S. The van der Waals surface area contributed by atoms with Crippen molar-refractivity contribution >= 4 is 38.5 Å². The molecule has 1 fully saturated rings. The Hall–Kier alpha value is -3.17. The van der Waals surface area contributed by atoms with Crippen LogP contribution >= 0.6 is 0 Å². The van der Waals surface area contributed by atoms with Crippen molar-refractivity contribution in [3.8, 4) is 0 Å². The van der Waals surface area contributed by atoms with Crippen molar-refractivity contribution in [2.24, 2.45) is 0 Å². The molecule has 1 aliphatic rings. The molecule has 4 rings (SSSR count). The third kappa shape index (κ3) is 5.17. The van der Waals surface area contributed by atoms with E-state index in [0.717, 1.165) is 30.0 Å². The van der Waals surface area contributed by atoms with E-state index in [9.17, 15) is 8.42 Å². The van der Waals surface area contributed by atoms with Crippen molar-refractivity contribution in [1.29, 1.82) is 0 Å². The number of nitrogens with one attached hydrogen (secondary N) is 2. The predicted octanol–water partition coefficient (Wildman–Crippen LogP) is 3.90. The summed E-state index contributed by atoms with van der Waals surface area (Å²) in [5, 5.41) is 6.59. The van der Waals surface area contributed by atoms with Crippen molar-refractivity contribution in [1.82, 2.24) is 9.97 Å². The minimum Gasteiger partial charge on any atom is -0.378 e. The van der Waals surface area contributed by atoms with Crippen LogP contribution in [0.4, 0.5) is 28.7 Å². The Labute approximate surface area is 188 Å². The highest BCUT2D eigenvalue weighted by atomic mass is 32.2. The number of sulfone groups is 1. The third-order valence-electron chi connectivity index (χ3n) is 5.28. The molecule has 0 amide bonds. The highest BCUT2D eigenvalue weighted by Crippen LogP contribution is 2.32. The third-order valence-corrected chi connectivity index (χ3v) is 7.01. The van der Waals surface area contributed by atoms with Crippen molar-refractivity contribution < 1.29 is 13.2 Å². The number of ether oxygens (including phenoxy) is 1. The van der Waals surface area contributed by atoms with Crippen LogP contribution in [-0.4, -0.2) is 50.4 Å². The van der Waals surface area contributed by atoms with Gasteiger partial charge in [0.1, 0.15) is 18.0 Å². The summed E-state index contributed by atoms with van der Waals surface area (Å²) in [6.45, 7) is 6.41. The number of aromatic nitrogens is 2. The molecule has 0 bridgehead atoms. The fourth-order valence-corrected chi connectivity index (χ4v) is 4.46. The van der Waals surface area contributed by atoms with E-state index >= 15 is 0 Å². The Bertz CT molecular complexity index is 1190. The molecule has 0 radical (unpaired) electrons. The lowest BCUT2D eigenvalue weighted by Gasteiger charge is -2.31. The number of aryl methyl sites for hydroxylation is 1. The highest BCUT2D eigenvalue weighted by molar-refractivity contribution is 7.91. The van der Waals surface area contributed by atoms with Gasteiger partial charge in [0.05, 0.1) is 35.2 Å². The van der Waals surface area contributed by atoms with Crippen LogP contribution in [0.2, 0.25) is 0 Å². The molecule has 9 heteroatoms. The van der Waals surface area contributed by atoms with E-state index in [1.165, 1.54) is 6.33 Å². The van der Waals surface area contributed by atoms with Crippen LogP contribution < -0.4 is 15.5 Å². The molecule has 1 aliphatic heterocycles. The smallest absolute Gasteiger partial charge is 0.178 e. The summed E-state index contributed by atoms with van der Waals surface area (Å²) >= 11 is 0. The van der Waals surface area contributed by atoms with E-state index in [1.807, 2.05) is 37.3 Å². The molecule has 3 aromatic rings. The number of nitrogens with zero attached hydrogens (tertiary/aromatic N) is 3. The lowest BCUT2D eigenvalue weighted by atomic mass is 10.2. The number of anilines is 5. The molecule has 0 aliphatic carbocycles. The molecule has 1 aromatic heterocycles. The molecule has 2 N–H and O–H groups in total. The summed E-state index contributed by atoms with van der Waals surface area (Å²) < 4.78 is 30.4. The maximum absolute atomic E-state index is 12.5. The van der Waals surface area contributed by atoms with Crippen LogP contribution in [0.15, 0.2) is 59.8 Å². The van der Waals surface area contributed by atoms with Gasteiger partial charge in [-0.3, -0.25) is 0 Å². The van der Waals surface area contributed by atoms with Gasteiger partial charge in [0.15, 0.2) is 9.84 Å². The molecule has 1 saturated heterocycles. The van der Waals surface area contributed by atoms with Gasteiger partial charge in [0.2, 0.25) is 0 Å². The first-order chi connectivity index (χ1) is 15.4. The molecule has 168 valence electrons. The quantitative estimate of drug-likeness (QED) is 0.556. The second-order valence-corrected chi connectivity index (χ2v) is 9.87. The van der Waals surface area contributed by atoms with Crippen LogP contribution in [0.5, 0.6) is 0 Å². The maximum atomic E-state index is 12.5. The molecule has 2 aromatic carbocycles. The number of hydrogen-bond donors (Lipinski definition) is 2. The van der Waals surface area contributed by atoms with Crippen molar-refractivity contribution in [2.45, 2.75) is 18.7 Å². The van der Waals surface area contributed by atoms with Crippen LogP contribution in [0.25, 0.3) is 0 Å². The summed E-state index contributed by atoms with van der Waals surface area (Å²) in [6.07, 6.45) is 1.47. The van der Waals surface area contributed by atoms with Gasteiger partial charge in [-0.25, -0.2) is 18.4 Å². The fraction of sp³-hybridized carbons (Fsp3) is 0.304. The Morgan fingerprint density at radius 2 is 1.75 bits per heavy atom. The first-order valence-electron chi connectivity index (χ1n) is 10.6. The monoisotopic (exact) mass is 453 g/mol. The number of rotatable bonds is 7. The molecule has 0 unspecified atom stereocenters. The highest BCUT2D eigenvalue weighted by Gasteiger charge is 2.19. The Morgan fingerprint density at radius 3 is 2.47 bits per heavy atom. The molecular weight excluding hydrogens is 426 g/mol. The van der Waals surface area contributed by atoms with Gasteiger partial charge < -0.3 is 20.3 Å². The summed E-state index contributed by atoms with van der Waals surface area (Å²) in [7, 11) is -3.34. The Balaban J connectivity index is 1.65. The SMILES string of the molecule is CCS(=O)(=O)c1ccc(N2CCOCC2)c(Nc2cc(Nc3cccc(C)c3)ncn2)c1. The predicted molar refractivity (Wildman–Crippen MR) is 127 cm³/mol. The number of morpholine rings is 1. The first kappa shape index (κ1) is 22.0. The molecule has 0 atom stereocenters. The van der Waals surface area contributed by atoms with Crippen LogP contribution in [0.1, 0.15) is 12.5 Å². The first-order valence-corrected chi connectivity index (χ1v) is 12.2. The lowest BCUT2D eigenvalue weighted by Crippen LogP contribution is -2.36. The second kappa shape index (κ2) is 9.54. The zero-order valence-electron chi connectivity index (χ0n) is 18.2. The van der Waals surface area contributed by atoms with Gasteiger partial charge in [-0.1, -0.05) is 19.1 Å². The minimum absolute atomic E-state index is 0.0431. The largest absolute Gasteiger partial charge is 0.378 e. The average Bonchev–Trinajstić information content (AvgIpc) is 2.80. The van der Waals surface area contributed by atoms with E-state index in [0.29, 0.717) is 30.5 Å². The fourth-order valence-electron chi connectivity index (χ4n) is 3.56. The van der Waals surface area contributed by atoms with Gasteiger partial charge in [-0.15, -0.1) is 0 Å². The normalized spacial score (nSPS) is 14.2. The maximum Gasteiger partial charge on any atom is 0.178 e. The van der Waals surface area contributed by atoms with E-state index in [1.54, 1.807) is 25.1 Å². The zero-order chi connectivity index (χ0) is 22.6. The summed E-state index contributed by atoms with van der Waals surface area (Å²) in [5.74, 6) is 1.25. The van der Waals surface area contributed by atoms with E-state index < -0.39 is 9.84 Å². The van der Waals surface area contributed by atoms with Gasteiger partial charge >= 0.3 is 0 Å². The zero-order valence-corrected chi connectivity index (χ0v) is 19.0. The Morgan fingerprint density at radius 1 is 1.00 bits per heavy atom. The topological polar surface area (TPSA) is 96.5 Å². The van der Waals surface area contributed by atoms with Gasteiger partial charge in [-0.2, -0.15) is 0 Å². The van der Waals surface area contributed by atoms with Crippen LogP contribution in [0, 0.1) is 6.92 Å². The molecule has 0 saturated carbocycles. The molecule has 32 heavy (non-hydrogen) atoms. The van der Waals surface area contributed by atoms with Crippen molar-refractivity contribution in [3.63, 3.8) is 0 Å².